The zero-order valence-corrected chi connectivity index (χ0v) is 9.68. The number of nitrogens with zero attached hydrogens (tertiary/aromatic N) is 4. The first-order valence-electron chi connectivity index (χ1n) is 4.88. The lowest BCUT2D eigenvalue weighted by molar-refractivity contribution is 0.200. The number of aromatic amines is 1. The Hall–Kier alpha value is -1.40. The van der Waals surface area contributed by atoms with Crippen molar-refractivity contribution in [2.45, 2.75) is 26.0 Å². The minimum Gasteiger partial charge on any atom is -0.380 e. The Morgan fingerprint density at radius 3 is 2.75 bits per heavy atom. The second-order valence-electron chi connectivity index (χ2n) is 3.71. The fourth-order valence-electron chi connectivity index (χ4n) is 1.50. The van der Waals surface area contributed by atoms with Crippen molar-refractivity contribution in [3.8, 4) is 0 Å². The van der Waals surface area contributed by atoms with E-state index in [1.54, 1.807) is 4.68 Å². The van der Waals surface area contributed by atoms with E-state index < -0.39 is 6.10 Å². The maximum Gasteiger partial charge on any atom is 0.142 e. The van der Waals surface area contributed by atoms with Gasteiger partial charge in [-0.25, -0.2) is 0 Å². The molecule has 2 heterocycles. The molecule has 0 aromatic carbocycles. The normalized spacial score (nSPS) is 13.3. The van der Waals surface area contributed by atoms with Crippen LogP contribution in [-0.2, 0) is 0 Å². The van der Waals surface area contributed by atoms with Gasteiger partial charge in [0.2, 0.25) is 0 Å². The Morgan fingerprint density at radius 1 is 1.44 bits per heavy atom. The summed E-state index contributed by atoms with van der Waals surface area (Å²) in [6.45, 7) is 3.92. The molecule has 0 radical (unpaired) electrons. The highest BCUT2D eigenvalue weighted by molar-refractivity contribution is 6.31. The molecule has 86 valence electrons. The Labute approximate surface area is 97.2 Å². The Kier molecular flexibility index (Phi) is 2.93. The van der Waals surface area contributed by atoms with Crippen LogP contribution in [0.5, 0.6) is 0 Å². The molecule has 0 saturated heterocycles. The fourth-order valence-corrected chi connectivity index (χ4v) is 1.73. The second-order valence-corrected chi connectivity index (χ2v) is 4.12. The van der Waals surface area contributed by atoms with Crippen LogP contribution in [0.25, 0.3) is 0 Å². The number of aromatic nitrogens is 5. The molecule has 1 unspecified atom stereocenters. The number of hydrogen-bond acceptors (Lipinski definition) is 4. The molecule has 0 bridgehead atoms. The molecule has 1 atom stereocenters. The summed E-state index contributed by atoms with van der Waals surface area (Å²) < 4.78 is 1.67. The van der Waals surface area contributed by atoms with E-state index in [1.807, 2.05) is 13.8 Å². The summed E-state index contributed by atoms with van der Waals surface area (Å²) in [5.41, 5.74) is 0.954. The summed E-state index contributed by atoms with van der Waals surface area (Å²) in [5.74, 6) is 0. The molecule has 2 N–H and O–H groups in total. The van der Waals surface area contributed by atoms with Crippen LogP contribution in [0.15, 0.2) is 12.4 Å². The molecular weight excluding hydrogens is 230 g/mol. The highest BCUT2D eigenvalue weighted by atomic mass is 35.5. The van der Waals surface area contributed by atoms with Gasteiger partial charge in [0.25, 0.3) is 0 Å². The van der Waals surface area contributed by atoms with E-state index in [9.17, 15) is 5.11 Å². The van der Waals surface area contributed by atoms with Crippen LogP contribution >= 0.6 is 11.6 Å². The molecule has 2 aromatic heterocycles. The number of aliphatic hydroxyl groups is 1. The van der Waals surface area contributed by atoms with Gasteiger partial charge in [0.05, 0.1) is 23.1 Å². The number of aliphatic hydroxyl groups excluding tert-OH is 1. The van der Waals surface area contributed by atoms with Gasteiger partial charge in [0.1, 0.15) is 11.8 Å². The molecule has 2 aromatic rings. The van der Waals surface area contributed by atoms with Crippen LogP contribution in [0.4, 0.5) is 0 Å². The lowest BCUT2D eigenvalue weighted by Crippen LogP contribution is -2.12. The van der Waals surface area contributed by atoms with Crippen LogP contribution in [0.2, 0.25) is 5.02 Å². The molecule has 0 spiro atoms. The van der Waals surface area contributed by atoms with Crippen molar-refractivity contribution >= 4 is 11.6 Å². The first kappa shape index (κ1) is 11.1. The second kappa shape index (κ2) is 4.23. The molecule has 2 rings (SSSR count). The monoisotopic (exact) mass is 241 g/mol. The number of halogens is 1. The van der Waals surface area contributed by atoms with Crippen LogP contribution < -0.4 is 0 Å². The summed E-state index contributed by atoms with van der Waals surface area (Å²) in [6.07, 6.45) is 2.05. The van der Waals surface area contributed by atoms with Gasteiger partial charge < -0.3 is 5.11 Å². The van der Waals surface area contributed by atoms with Crippen LogP contribution in [0, 0.1) is 0 Å². The third kappa shape index (κ3) is 1.81. The first-order chi connectivity index (χ1) is 7.61. The summed E-state index contributed by atoms with van der Waals surface area (Å²) in [5, 5.41) is 24.6. The molecule has 0 amide bonds. The number of hydrogen-bond donors (Lipinski definition) is 2. The smallest absolute Gasteiger partial charge is 0.142 e. The summed E-state index contributed by atoms with van der Waals surface area (Å²) in [6, 6.07) is 0.115. The highest BCUT2D eigenvalue weighted by Crippen LogP contribution is 2.28. The van der Waals surface area contributed by atoms with Gasteiger partial charge in [-0.2, -0.15) is 20.5 Å². The molecule has 0 aliphatic rings. The van der Waals surface area contributed by atoms with Gasteiger partial charge in [0, 0.05) is 6.04 Å². The predicted octanol–water partition coefficient (Wildman–Crippen LogP) is 1.32. The summed E-state index contributed by atoms with van der Waals surface area (Å²) >= 11 is 6.00. The molecule has 0 saturated carbocycles. The highest BCUT2D eigenvalue weighted by Gasteiger charge is 2.22. The fraction of sp³-hybridized carbons (Fsp3) is 0.444. The van der Waals surface area contributed by atoms with Crippen LogP contribution in [0.3, 0.4) is 0 Å². The predicted molar refractivity (Wildman–Crippen MR) is 58.1 cm³/mol. The van der Waals surface area contributed by atoms with Crippen molar-refractivity contribution in [3.63, 3.8) is 0 Å². The van der Waals surface area contributed by atoms with E-state index in [0.717, 1.165) is 0 Å². The minimum atomic E-state index is -0.920. The van der Waals surface area contributed by atoms with Crippen molar-refractivity contribution in [2.75, 3.05) is 0 Å². The summed E-state index contributed by atoms with van der Waals surface area (Å²) in [7, 11) is 0. The van der Waals surface area contributed by atoms with Crippen LogP contribution in [-0.4, -0.2) is 30.3 Å². The van der Waals surface area contributed by atoms with Gasteiger partial charge in [-0.05, 0) is 13.8 Å². The molecule has 16 heavy (non-hydrogen) atoms. The van der Waals surface area contributed by atoms with Crippen molar-refractivity contribution in [1.82, 2.24) is 25.2 Å². The molecule has 7 heteroatoms. The van der Waals surface area contributed by atoms with Crippen LogP contribution in [0.1, 0.15) is 37.4 Å². The van der Waals surface area contributed by atoms with Crippen molar-refractivity contribution in [3.05, 3.63) is 28.8 Å². The average Bonchev–Trinajstić information content (AvgIpc) is 2.84. The number of nitrogens with one attached hydrogen (secondary N) is 1. The standard InChI is InChI=1S/C9H12ClN5O/c1-5(2)15-8(6(10)3-12-15)9(16)7-4-11-14-13-7/h3-5,9,16H,1-2H3,(H,11,13,14). The molecule has 0 aliphatic heterocycles. The third-order valence-electron chi connectivity index (χ3n) is 2.25. The summed E-state index contributed by atoms with van der Waals surface area (Å²) in [4.78, 5) is 0. The van der Waals surface area contributed by atoms with Gasteiger partial charge in [-0.15, -0.1) is 0 Å². The quantitative estimate of drug-likeness (QED) is 0.849. The Morgan fingerprint density at radius 2 is 2.19 bits per heavy atom. The van der Waals surface area contributed by atoms with Crippen molar-refractivity contribution < 1.29 is 5.11 Å². The first-order valence-corrected chi connectivity index (χ1v) is 5.25. The van der Waals surface area contributed by atoms with Gasteiger partial charge >= 0.3 is 0 Å². The molecule has 0 aliphatic carbocycles. The molecular formula is C9H12ClN5O. The Bertz CT molecular complexity index is 464. The zero-order chi connectivity index (χ0) is 11.7. The number of rotatable bonds is 3. The van der Waals surface area contributed by atoms with E-state index in [1.165, 1.54) is 12.4 Å². The van der Waals surface area contributed by atoms with E-state index in [0.29, 0.717) is 16.4 Å². The van der Waals surface area contributed by atoms with E-state index in [2.05, 4.69) is 20.5 Å². The topological polar surface area (TPSA) is 79.6 Å². The largest absolute Gasteiger partial charge is 0.380 e. The third-order valence-corrected chi connectivity index (χ3v) is 2.54. The number of H-pyrrole nitrogens is 1. The SMILES string of the molecule is CC(C)n1ncc(Cl)c1C(O)c1cn[nH]n1. The van der Waals surface area contributed by atoms with Gasteiger partial charge in [-0.1, -0.05) is 11.6 Å². The average molecular weight is 242 g/mol. The maximum atomic E-state index is 10.1. The lowest BCUT2D eigenvalue weighted by Gasteiger charge is -2.14. The Balaban J connectivity index is 2.43. The van der Waals surface area contributed by atoms with Crippen molar-refractivity contribution in [2.24, 2.45) is 0 Å². The van der Waals surface area contributed by atoms with Gasteiger partial charge in [0.15, 0.2) is 0 Å². The molecule has 0 fully saturated rings. The van der Waals surface area contributed by atoms with E-state index >= 15 is 0 Å². The molecule has 6 nitrogen and oxygen atoms in total. The maximum absolute atomic E-state index is 10.1. The van der Waals surface area contributed by atoms with Crippen molar-refractivity contribution in [1.29, 1.82) is 0 Å². The van der Waals surface area contributed by atoms with E-state index in [-0.39, 0.29) is 6.04 Å². The zero-order valence-electron chi connectivity index (χ0n) is 8.92. The van der Waals surface area contributed by atoms with E-state index in [4.69, 9.17) is 11.6 Å². The van der Waals surface area contributed by atoms with Gasteiger partial charge in [-0.3, -0.25) is 4.68 Å². The lowest BCUT2D eigenvalue weighted by atomic mass is 10.2. The minimum absolute atomic E-state index is 0.115.